The van der Waals surface area contributed by atoms with E-state index in [0.29, 0.717) is 0 Å². The maximum Gasteiger partial charge on any atom is 0.121 e. The number of H-pyrrole nitrogens is 2. The van der Waals surface area contributed by atoms with Gasteiger partial charge in [0.1, 0.15) is 11.5 Å². The molecule has 2 heterocycles. The van der Waals surface area contributed by atoms with E-state index in [4.69, 9.17) is 9.47 Å². The molecular weight excluding hydrogens is 420 g/mol. The molecule has 4 heteroatoms. The number of para-hydroxylation sites is 2. The number of nitrogens with one attached hydrogen (secondary N) is 2. The SMILES string of the molecule is c1ccc2c(c1)[nH]c1cc(OCCCCCCOc3ccc4c(c3)[nH]c3ccccc34)ccc12. The van der Waals surface area contributed by atoms with E-state index in [9.17, 15) is 0 Å². The summed E-state index contributed by atoms with van der Waals surface area (Å²) in [6.07, 6.45) is 4.37. The molecule has 0 amide bonds. The summed E-state index contributed by atoms with van der Waals surface area (Å²) < 4.78 is 12.0. The monoisotopic (exact) mass is 448 g/mol. The smallest absolute Gasteiger partial charge is 0.121 e. The molecule has 0 unspecified atom stereocenters. The highest BCUT2D eigenvalue weighted by molar-refractivity contribution is 6.08. The predicted molar refractivity (Wildman–Crippen MR) is 141 cm³/mol. The lowest BCUT2D eigenvalue weighted by Crippen LogP contribution is -2.00. The van der Waals surface area contributed by atoms with Crippen molar-refractivity contribution in [3.05, 3.63) is 84.9 Å². The van der Waals surface area contributed by atoms with Crippen LogP contribution in [0.2, 0.25) is 0 Å². The Morgan fingerprint density at radius 3 is 1.38 bits per heavy atom. The van der Waals surface area contributed by atoms with E-state index in [0.717, 1.165) is 72.5 Å². The minimum atomic E-state index is 0.740. The van der Waals surface area contributed by atoms with Crippen LogP contribution in [0.5, 0.6) is 11.5 Å². The third-order valence-corrected chi connectivity index (χ3v) is 6.53. The maximum absolute atomic E-state index is 6.00. The van der Waals surface area contributed by atoms with Crippen LogP contribution >= 0.6 is 0 Å². The molecule has 0 aliphatic rings. The van der Waals surface area contributed by atoms with E-state index in [1.165, 1.54) is 21.5 Å². The Kier molecular flexibility index (Phi) is 5.56. The van der Waals surface area contributed by atoms with Crippen molar-refractivity contribution in [3.63, 3.8) is 0 Å². The predicted octanol–water partition coefficient (Wildman–Crippen LogP) is 7.97. The molecule has 0 saturated heterocycles. The summed E-state index contributed by atoms with van der Waals surface area (Å²) in [5.41, 5.74) is 4.58. The second-order valence-corrected chi connectivity index (χ2v) is 8.87. The highest BCUT2D eigenvalue weighted by Gasteiger charge is 2.06. The molecule has 4 aromatic carbocycles. The summed E-state index contributed by atoms with van der Waals surface area (Å²) in [5.74, 6) is 1.85. The van der Waals surface area contributed by atoms with Gasteiger partial charge in [-0.25, -0.2) is 0 Å². The average Bonchev–Trinajstić information content (AvgIpc) is 3.43. The first-order valence-electron chi connectivity index (χ1n) is 12.1. The normalized spacial score (nSPS) is 11.6. The Labute approximate surface area is 198 Å². The fraction of sp³-hybridized carbons (Fsp3) is 0.200. The van der Waals surface area contributed by atoms with Gasteiger partial charge in [-0.05, 0) is 62.1 Å². The number of unbranched alkanes of at least 4 members (excludes halogenated alkanes) is 3. The Balaban J connectivity index is 0.937. The zero-order valence-corrected chi connectivity index (χ0v) is 19.1. The minimum Gasteiger partial charge on any atom is -0.494 e. The summed E-state index contributed by atoms with van der Waals surface area (Å²) in [6, 6.07) is 29.4. The van der Waals surface area contributed by atoms with Crippen molar-refractivity contribution in [3.8, 4) is 11.5 Å². The summed E-state index contributed by atoms with van der Waals surface area (Å²) in [6.45, 7) is 1.48. The molecule has 170 valence electrons. The van der Waals surface area contributed by atoms with Crippen LogP contribution in [-0.4, -0.2) is 23.2 Å². The molecule has 0 spiro atoms. The number of hydrogen-bond donors (Lipinski definition) is 2. The second-order valence-electron chi connectivity index (χ2n) is 8.87. The van der Waals surface area contributed by atoms with Crippen molar-refractivity contribution >= 4 is 43.6 Å². The van der Waals surface area contributed by atoms with Crippen LogP contribution in [0.3, 0.4) is 0 Å². The lowest BCUT2D eigenvalue weighted by atomic mass is 10.1. The van der Waals surface area contributed by atoms with Crippen LogP contribution in [-0.2, 0) is 0 Å². The lowest BCUT2D eigenvalue weighted by molar-refractivity contribution is 0.288. The quantitative estimate of drug-likeness (QED) is 0.220. The Bertz CT molecular complexity index is 1460. The number of fused-ring (bicyclic) bond motifs is 6. The van der Waals surface area contributed by atoms with Gasteiger partial charge in [-0.2, -0.15) is 0 Å². The Hall–Kier alpha value is -3.92. The molecule has 0 fully saturated rings. The molecule has 0 bridgehead atoms. The second kappa shape index (κ2) is 9.14. The molecule has 2 N–H and O–H groups in total. The molecule has 0 atom stereocenters. The van der Waals surface area contributed by atoms with E-state index in [2.05, 4.69) is 94.9 Å². The van der Waals surface area contributed by atoms with Crippen LogP contribution in [0.1, 0.15) is 25.7 Å². The first-order chi connectivity index (χ1) is 16.8. The van der Waals surface area contributed by atoms with Gasteiger partial charge in [-0.3, -0.25) is 0 Å². The van der Waals surface area contributed by atoms with Crippen molar-refractivity contribution < 1.29 is 9.47 Å². The first-order valence-corrected chi connectivity index (χ1v) is 12.1. The molecule has 0 saturated carbocycles. The van der Waals surface area contributed by atoms with Gasteiger partial charge < -0.3 is 19.4 Å². The molecular formula is C30H28N2O2. The summed E-state index contributed by atoms with van der Waals surface area (Å²) in [7, 11) is 0. The Morgan fingerprint density at radius 1 is 0.441 bits per heavy atom. The van der Waals surface area contributed by atoms with Crippen LogP contribution in [0.4, 0.5) is 0 Å². The van der Waals surface area contributed by atoms with Crippen molar-refractivity contribution in [2.45, 2.75) is 25.7 Å². The third-order valence-electron chi connectivity index (χ3n) is 6.53. The van der Waals surface area contributed by atoms with Crippen molar-refractivity contribution in [2.24, 2.45) is 0 Å². The van der Waals surface area contributed by atoms with E-state index in [-0.39, 0.29) is 0 Å². The maximum atomic E-state index is 6.00. The Morgan fingerprint density at radius 2 is 0.882 bits per heavy atom. The van der Waals surface area contributed by atoms with Gasteiger partial charge in [0.25, 0.3) is 0 Å². The molecule has 4 nitrogen and oxygen atoms in total. The molecule has 0 radical (unpaired) electrons. The van der Waals surface area contributed by atoms with Gasteiger partial charge in [-0.1, -0.05) is 36.4 Å². The average molecular weight is 449 g/mol. The van der Waals surface area contributed by atoms with Gasteiger partial charge in [0.05, 0.1) is 24.2 Å². The van der Waals surface area contributed by atoms with Crippen LogP contribution < -0.4 is 9.47 Å². The molecule has 6 rings (SSSR count). The van der Waals surface area contributed by atoms with Gasteiger partial charge in [-0.15, -0.1) is 0 Å². The largest absolute Gasteiger partial charge is 0.494 e. The fourth-order valence-electron chi connectivity index (χ4n) is 4.78. The number of hydrogen-bond acceptors (Lipinski definition) is 2. The molecule has 6 aromatic rings. The van der Waals surface area contributed by atoms with Gasteiger partial charge in [0.2, 0.25) is 0 Å². The van der Waals surface area contributed by atoms with Crippen molar-refractivity contribution in [1.29, 1.82) is 0 Å². The van der Waals surface area contributed by atoms with Crippen LogP contribution in [0, 0.1) is 0 Å². The summed E-state index contributed by atoms with van der Waals surface area (Å²) in [5, 5.41) is 5.00. The number of aromatic nitrogens is 2. The van der Waals surface area contributed by atoms with E-state index in [1.54, 1.807) is 0 Å². The lowest BCUT2D eigenvalue weighted by Gasteiger charge is -2.08. The topological polar surface area (TPSA) is 50.0 Å². The minimum absolute atomic E-state index is 0.740. The number of aromatic amines is 2. The molecule has 2 aromatic heterocycles. The summed E-state index contributed by atoms with van der Waals surface area (Å²) >= 11 is 0. The van der Waals surface area contributed by atoms with Crippen molar-refractivity contribution in [1.82, 2.24) is 9.97 Å². The van der Waals surface area contributed by atoms with E-state index in [1.807, 2.05) is 0 Å². The fourth-order valence-corrected chi connectivity index (χ4v) is 4.78. The van der Waals surface area contributed by atoms with E-state index < -0.39 is 0 Å². The standard InChI is InChI=1S/C30H28N2O2/c1(7-17-33-21-13-15-25-23-9-3-5-11-27(23)31-29(25)19-21)2-8-18-34-22-14-16-26-24-10-4-6-12-28(24)32-30(26)20-22/h3-6,9-16,19-20,31-32H,1-2,7-8,17-18H2. The third kappa shape index (κ3) is 4.08. The van der Waals surface area contributed by atoms with Gasteiger partial charge >= 0.3 is 0 Å². The van der Waals surface area contributed by atoms with Gasteiger partial charge in [0.15, 0.2) is 0 Å². The number of benzene rings is 4. The first kappa shape index (κ1) is 20.7. The van der Waals surface area contributed by atoms with Crippen molar-refractivity contribution in [2.75, 3.05) is 13.2 Å². The number of ether oxygens (including phenoxy) is 2. The zero-order valence-electron chi connectivity index (χ0n) is 19.1. The van der Waals surface area contributed by atoms with Crippen LogP contribution in [0.25, 0.3) is 43.6 Å². The molecule has 0 aliphatic heterocycles. The summed E-state index contributed by atoms with van der Waals surface area (Å²) in [4.78, 5) is 6.95. The van der Waals surface area contributed by atoms with Gasteiger partial charge in [0, 0.05) is 44.7 Å². The molecule has 34 heavy (non-hydrogen) atoms. The van der Waals surface area contributed by atoms with E-state index >= 15 is 0 Å². The highest BCUT2D eigenvalue weighted by Crippen LogP contribution is 2.29. The number of rotatable bonds is 9. The highest BCUT2D eigenvalue weighted by atomic mass is 16.5. The zero-order chi connectivity index (χ0) is 22.7. The van der Waals surface area contributed by atoms with Crippen LogP contribution in [0.15, 0.2) is 84.9 Å². The molecule has 0 aliphatic carbocycles.